The van der Waals surface area contributed by atoms with Crippen molar-refractivity contribution in [3.05, 3.63) is 24.0 Å². The quantitative estimate of drug-likeness (QED) is 0.109. The molecule has 4 heterocycles. The molecule has 6 N–H and O–H groups in total. The highest BCUT2D eigenvalue weighted by molar-refractivity contribution is 8.00. The number of hydrogen-bond acceptors (Lipinski definition) is 13. The largest absolute Gasteiger partial charge is 0.493 e. The summed E-state index contributed by atoms with van der Waals surface area (Å²) in [5, 5.41) is 14.4. The number of thioether (sulfide) groups is 1. The monoisotopic (exact) mass is 768 g/mol. The number of anilines is 2. The molecule has 2 amide bonds. The van der Waals surface area contributed by atoms with Crippen molar-refractivity contribution in [2.24, 2.45) is 11.7 Å². The molecular weight excluding hydrogens is 709 g/mol. The Kier molecular flexibility index (Phi) is 15.4. The maximum absolute atomic E-state index is 12.2. The zero-order valence-corrected chi connectivity index (χ0v) is 32.7. The van der Waals surface area contributed by atoms with Crippen LogP contribution in [0.2, 0.25) is 0 Å². The number of carbonyl (C=O) groups is 2. The molecule has 14 nitrogen and oxygen atoms in total. The zero-order chi connectivity index (χ0) is 37.5. The number of nitrogens with zero attached hydrogens (tertiary/aromatic N) is 3. The Bertz CT molecular complexity index is 1550. The predicted octanol–water partition coefficient (Wildman–Crippen LogP) is 4.08. The van der Waals surface area contributed by atoms with Gasteiger partial charge in [0, 0.05) is 85.7 Å². The second-order valence-corrected chi connectivity index (χ2v) is 16.0. The lowest BCUT2D eigenvalue weighted by Crippen LogP contribution is -2.29. The van der Waals surface area contributed by atoms with Crippen molar-refractivity contribution in [2.45, 2.75) is 94.4 Å². The van der Waals surface area contributed by atoms with Gasteiger partial charge in [0.15, 0.2) is 11.5 Å². The van der Waals surface area contributed by atoms with Crippen LogP contribution in [-0.2, 0) is 19.1 Å². The van der Waals surface area contributed by atoms with Gasteiger partial charge in [-0.05, 0) is 44.6 Å². The summed E-state index contributed by atoms with van der Waals surface area (Å²) in [7, 11) is 1.64. The van der Waals surface area contributed by atoms with Crippen LogP contribution in [0.15, 0.2) is 24.0 Å². The van der Waals surface area contributed by atoms with E-state index >= 15 is 0 Å². The Morgan fingerprint density at radius 1 is 1.02 bits per heavy atom. The van der Waals surface area contributed by atoms with Gasteiger partial charge in [0.25, 0.3) is 0 Å². The fourth-order valence-corrected chi connectivity index (χ4v) is 9.43. The highest BCUT2D eigenvalue weighted by atomic mass is 32.2. The summed E-state index contributed by atoms with van der Waals surface area (Å²) in [4.78, 5) is 36.0. The average molecular weight is 769 g/mol. The van der Waals surface area contributed by atoms with Crippen LogP contribution in [0.25, 0.3) is 10.9 Å². The predicted molar refractivity (Wildman–Crippen MR) is 213 cm³/mol. The summed E-state index contributed by atoms with van der Waals surface area (Å²) in [5.41, 5.74) is 7.61. The van der Waals surface area contributed by atoms with Crippen molar-refractivity contribution < 1.29 is 28.5 Å². The lowest BCUT2D eigenvalue weighted by Gasteiger charge is -2.25. The van der Waals surface area contributed by atoms with Gasteiger partial charge in [-0.2, -0.15) is 16.7 Å². The van der Waals surface area contributed by atoms with Crippen molar-refractivity contribution >= 4 is 46.2 Å². The maximum atomic E-state index is 12.2. The van der Waals surface area contributed by atoms with Crippen LogP contribution >= 0.6 is 11.8 Å². The molecule has 298 valence electrons. The van der Waals surface area contributed by atoms with Crippen molar-refractivity contribution in [2.75, 3.05) is 82.3 Å². The van der Waals surface area contributed by atoms with Crippen LogP contribution in [0.3, 0.4) is 0 Å². The SMILES string of the molecule is COc1cc2c(NC3CCCCC3)nc(N3CCCC3)nc2cc1OC/C(N)=C/NCCOCCOCCNC(=O)CCCC[C@@H]1SC[C@@H]2NC(=O)C[C@@H]21. The molecule has 0 bridgehead atoms. The fourth-order valence-electron chi connectivity index (χ4n) is 7.78. The first-order chi connectivity index (χ1) is 26.5. The number of nitrogens with one attached hydrogen (secondary N) is 4. The second kappa shape index (κ2) is 20.8. The third-order valence-corrected chi connectivity index (χ3v) is 12.3. The van der Waals surface area contributed by atoms with E-state index < -0.39 is 0 Å². The van der Waals surface area contributed by atoms with Crippen molar-refractivity contribution in [3.63, 3.8) is 0 Å². The van der Waals surface area contributed by atoms with Crippen LogP contribution in [0, 0.1) is 5.92 Å². The molecule has 15 heteroatoms. The maximum Gasteiger partial charge on any atom is 0.227 e. The van der Waals surface area contributed by atoms with E-state index in [1.807, 2.05) is 23.9 Å². The van der Waals surface area contributed by atoms with Crippen molar-refractivity contribution in [1.29, 1.82) is 0 Å². The molecule has 1 aromatic heterocycles. The number of benzene rings is 1. The smallest absolute Gasteiger partial charge is 0.227 e. The van der Waals surface area contributed by atoms with Gasteiger partial charge in [-0.25, -0.2) is 4.98 Å². The van der Waals surface area contributed by atoms with Gasteiger partial charge in [0.1, 0.15) is 12.4 Å². The summed E-state index contributed by atoms with van der Waals surface area (Å²) < 4.78 is 23.1. The first kappa shape index (κ1) is 40.0. The average Bonchev–Trinajstić information content (AvgIpc) is 3.94. The molecule has 0 unspecified atom stereocenters. The molecule has 3 saturated heterocycles. The highest BCUT2D eigenvalue weighted by Crippen LogP contribution is 2.41. The van der Waals surface area contributed by atoms with Gasteiger partial charge >= 0.3 is 0 Å². The summed E-state index contributed by atoms with van der Waals surface area (Å²) >= 11 is 1.97. The Balaban J connectivity index is 0.832. The number of amides is 2. The number of fused-ring (bicyclic) bond motifs is 2. The molecule has 1 aliphatic carbocycles. The van der Waals surface area contributed by atoms with Gasteiger partial charge in [-0.15, -0.1) is 0 Å². The van der Waals surface area contributed by atoms with E-state index in [9.17, 15) is 9.59 Å². The van der Waals surface area contributed by atoms with Crippen LogP contribution < -0.4 is 41.4 Å². The van der Waals surface area contributed by atoms with E-state index in [0.717, 1.165) is 86.5 Å². The molecule has 1 saturated carbocycles. The third kappa shape index (κ3) is 11.7. The standard InChI is InChI=1S/C39H60N8O6S/c1-50-33-21-30-31(45-39(47-15-7-8-16-47)46-38(30)43-28-9-3-2-4-10-28)23-34(33)53-25-27(40)24-41-13-17-51-19-20-52-18-14-42-36(48)12-6-5-11-35-29-22-37(49)44-32(29)26-54-35/h21,23-24,28-29,32,35,41H,2-20,22,25-26,40H2,1H3,(H,42,48)(H,44,49)(H,43,45,46)/b27-24-/t29-,32-,35-/m0/s1. The number of rotatable bonds is 22. The zero-order valence-electron chi connectivity index (χ0n) is 31.9. The normalized spacial score (nSPS) is 21.6. The number of hydrogen-bond donors (Lipinski definition) is 5. The molecular formula is C39H60N8O6S. The van der Waals surface area contributed by atoms with E-state index in [1.54, 1.807) is 13.3 Å². The van der Waals surface area contributed by atoms with Gasteiger partial charge in [0.2, 0.25) is 17.8 Å². The summed E-state index contributed by atoms with van der Waals surface area (Å²) in [5.74, 6) is 4.54. The Labute approximate surface area is 323 Å². The Hall–Kier alpha value is -3.69. The number of aromatic nitrogens is 2. The van der Waals surface area contributed by atoms with E-state index in [0.29, 0.717) is 92.8 Å². The molecule has 0 radical (unpaired) electrons. The molecule has 1 aromatic carbocycles. The van der Waals surface area contributed by atoms with E-state index in [2.05, 4.69) is 26.2 Å². The minimum Gasteiger partial charge on any atom is -0.493 e. The number of nitrogens with two attached hydrogens (primary N) is 1. The number of methoxy groups -OCH3 is 1. The number of ether oxygens (including phenoxy) is 4. The highest BCUT2D eigenvalue weighted by Gasteiger charge is 2.42. The van der Waals surface area contributed by atoms with Gasteiger partial charge in [0.05, 0.1) is 44.8 Å². The summed E-state index contributed by atoms with van der Waals surface area (Å²) in [6, 6.07) is 4.66. The number of unbranched alkanes of at least 4 members (excludes halogenated alkanes) is 1. The molecule has 3 atom stereocenters. The first-order valence-corrected chi connectivity index (χ1v) is 21.1. The van der Waals surface area contributed by atoms with Crippen LogP contribution in [0.5, 0.6) is 11.5 Å². The molecule has 4 aliphatic rings. The van der Waals surface area contributed by atoms with Crippen LogP contribution in [0.1, 0.15) is 77.0 Å². The van der Waals surface area contributed by atoms with Crippen LogP contribution in [-0.4, -0.2) is 111 Å². The molecule has 54 heavy (non-hydrogen) atoms. The van der Waals surface area contributed by atoms with Gasteiger partial charge in [-0.1, -0.05) is 25.7 Å². The van der Waals surface area contributed by atoms with E-state index in [4.69, 9.17) is 34.6 Å². The fraction of sp³-hybridized carbons (Fsp3) is 0.692. The summed E-state index contributed by atoms with van der Waals surface area (Å²) in [6.07, 6.45) is 14.2. The molecule has 6 rings (SSSR count). The first-order valence-electron chi connectivity index (χ1n) is 20.0. The van der Waals surface area contributed by atoms with Crippen molar-refractivity contribution in [3.8, 4) is 11.5 Å². The van der Waals surface area contributed by atoms with E-state index in [1.165, 1.54) is 19.3 Å². The molecule has 0 spiro atoms. The Morgan fingerprint density at radius 3 is 2.61 bits per heavy atom. The molecule has 2 aromatic rings. The van der Waals surface area contributed by atoms with Gasteiger partial charge < -0.3 is 50.8 Å². The van der Waals surface area contributed by atoms with Crippen LogP contribution in [0.4, 0.5) is 11.8 Å². The van der Waals surface area contributed by atoms with Gasteiger partial charge in [-0.3, -0.25) is 9.59 Å². The Morgan fingerprint density at radius 2 is 1.81 bits per heavy atom. The number of carbonyl (C=O) groups excluding carboxylic acids is 2. The van der Waals surface area contributed by atoms with E-state index in [-0.39, 0.29) is 18.4 Å². The molecule has 3 aliphatic heterocycles. The minimum absolute atomic E-state index is 0.0574. The lowest BCUT2D eigenvalue weighted by atomic mass is 9.94. The summed E-state index contributed by atoms with van der Waals surface area (Å²) in [6.45, 7) is 5.04. The second-order valence-electron chi connectivity index (χ2n) is 14.8. The van der Waals surface area contributed by atoms with Crippen molar-refractivity contribution in [1.82, 2.24) is 25.9 Å². The topological polar surface area (TPSA) is 174 Å². The third-order valence-electron chi connectivity index (χ3n) is 10.7. The minimum atomic E-state index is 0.0574. The lowest BCUT2D eigenvalue weighted by molar-refractivity contribution is -0.121. The molecule has 4 fully saturated rings.